The van der Waals surface area contributed by atoms with Crippen LogP contribution in [0.15, 0.2) is 42.2 Å². The molecule has 1 fully saturated rings. The van der Waals surface area contributed by atoms with Crippen molar-refractivity contribution in [3.05, 3.63) is 48.3 Å². The van der Waals surface area contributed by atoms with Crippen molar-refractivity contribution in [1.82, 2.24) is 14.5 Å². The van der Waals surface area contributed by atoms with Crippen molar-refractivity contribution < 1.29 is 5.21 Å². The van der Waals surface area contributed by atoms with Crippen LogP contribution >= 0.6 is 0 Å². The molecule has 0 unspecified atom stereocenters. The zero-order valence-electron chi connectivity index (χ0n) is 10.9. The minimum Gasteiger partial charge on any atom is -0.411 e. The summed E-state index contributed by atoms with van der Waals surface area (Å²) in [5, 5.41) is 12.5. The molecule has 1 N–H and O–H groups in total. The molecular formula is C15H14N4O. The zero-order valence-corrected chi connectivity index (χ0v) is 10.9. The molecule has 1 aliphatic rings. The Kier molecular flexibility index (Phi) is 3.46. The first-order valence-corrected chi connectivity index (χ1v) is 6.50. The number of rotatable bonds is 3. The van der Waals surface area contributed by atoms with Gasteiger partial charge in [0.05, 0.1) is 12.9 Å². The van der Waals surface area contributed by atoms with Crippen molar-refractivity contribution >= 4 is 5.71 Å². The summed E-state index contributed by atoms with van der Waals surface area (Å²) in [4.78, 5) is 8.24. The van der Waals surface area contributed by atoms with Gasteiger partial charge in [0.1, 0.15) is 11.4 Å². The molecular weight excluding hydrogens is 252 g/mol. The highest BCUT2D eigenvalue weighted by Gasteiger charge is 2.17. The quantitative estimate of drug-likeness (QED) is 0.399. The Morgan fingerprint density at radius 2 is 2.35 bits per heavy atom. The standard InChI is InChI=1S/C15H14N4O/c20-18-15(10-19-8-7-16-11-19)13-4-6-14(17-9-13)5-3-12-1-2-12/h4,6-9,11-12,20H,1-2,10H2/b18-15+. The third-order valence-electron chi connectivity index (χ3n) is 3.09. The van der Waals surface area contributed by atoms with Crippen LogP contribution in [-0.2, 0) is 6.54 Å². The van der Waals surface area contributed by atoms with Gasteiger partial charge < -0.3 is 9.77 Å². The van der Waals surface area contributed by atoms with Crippen LogP contribution in [0.5, 0.6) is 0 Å². The summed E-state index contributed by atoms with van der Waals surface area (Å²) in [7, 11) is 0. The predicted molar refractivity (Wildman–Crippen MR) is 74.4 cm³/mol. The fourth-order valence-electron chi connectivity index (χ4n) is 1.78. The fraction of sp³-hybridized carbons (Fsp3) is 0.267. The molecule has 1 aliphatic carbocycles. The first-order chi connectivity index (χ1) is 9.85. The molecule has 100 valence electrons. The summed E-state index contributed by atoms with van der Waals surface area (Å²) < 4.78 is 1.83. The molecule has 0 bridgehead atoms. The van der Waals surface area contributed by atoms with Gasteiger partial charge in [-0.1, -0.05) is 11.1 Å². The van der Waals surface area contributed by atoms with Crippen LogP contribution in [-0.4, -0.2) is 25.5 Å². The Bertz CT molecular complexity index is 658. The Morgan fingerprint density at radius 1 is 1.45 bits per heavy atom. The van der Waals surface area contributed by atoms with Crippen molar-refractivity contribution in [2.24, 2.45) is 11.1 Å². The lowest BCUT2D eigenvalue weighted by Gasteiger charge is -2.05. The van der Waals surface area contributed by atoms with Gasteiger partial charge in [-0.15, -0.1) is 0 Å². The van der Waals surface area contributed by atoms with Crippen LogP contribution in [0.25, 0.3) is 0 Å². The van der Waals surface area contributed by atoms with Crippen molar-refractivity contribution in [1.29, 1.82) is 0 Å². The summed E-state index contributed by atoms with van der Waals surface area (Å²) in [6, 6.07) is 3.72. The number of pyridine rings is 1. The summed E-state index contributed by atoms with van der Waals surface area (Å²) in [5.74, 6) is 6.79. The highest BCUT2D eigenvalue weighted by Crippen LogP contribution is 2.27. The van der Waals surface area contributed by atoms with Gasteiger partial charge in [0.2, 0.25) is 0 Å². The monoisotopic (exact) mass is 266 g/mol. The largest absolute Gasteiger partial charge is 0.411 e. The van der Waals surface area contributed by atoms with E-state index >= 15 is 0 Å². The first-order valence-electron chi connectivity index (χ1n) is 6.50. The molecule has 2 aromatic heterocycles. The van der Waals surface area contributed by atoms with E-state index in [1.54, 1.807) is 18.7 Å². The van der Waals surface area contributed by atoms with E-state index in [1.807, 2.05) is 22.9 Å². The molecule has 5 nitrogen and oxygen atoms in total. The van der Waals surface area contributed by atoms with E-state index in [0.29, 0.717) is 18.2 Å². The molecule has 0 spiro atoms. The average Bonchev–Trinajstić information content (AvgIpc) is 3.18. The van der Waals surface area contributed by atoms with Gasteiger partial charge in [0.25, 0.3) is 0 Å². The average molecular weight is 266 g/mol. The van der Waals surface area contributed by atoms with Gasteiger partial charge in [0, 0.05) is 30.1 Å². The predicted octanol–water partition coefficient (Wildman–Crippen LogP) is 1.92. The van der Waals surface area contributed by atoms with Crippen LogP contribution in [0.1, 0.15) is 24.1 Å². The number of nitrogens with zero attached hydrogens (tertiary/aromatic N) is 4. The third-order valence-corrected chi connectivity index (χ3v) is 3.09. The highest BCUT2D eigenvalue weighted by molar-refractivity contribution is 5.99. The molecule has 0 radical (unpaired) electrons. The van der Waals surface area contributed by atoms with Gasteiger partial charge in [0.15, 0.2) is 0 Å². The van der Waals surface area contributed by atoms with Gasteiger partial charge in [-0.3, -0.25) is 0 Å². The topological polar surface area (TPSA) is 63.3 Å². The lowest BCUT2D eigenvalue weighted by Crippen LogP contribution is -2.11. The maximum atomic E-state index is 9.13. The van der Waals surface area contributed by atoms with Crippen LogP contribution in [0.4, 0.5) is 0 Å². The summed E-state index contributed by atoms with van der Waals surface area (Å²) in [6.45, 7) is 0.450. The number of oxime groups is 1. The zero-order chi connectivity index (χ0) is 13.8. The maximum absolute atomic E-state index is 9.13. The van der Waals surface area contributed by atoms with Crippen LogP contribution in [0.2, 0.25) is 0 Å². The van der Waals surface area contributed by atoms with E-state index in [-0.39, 0.29) is 0 Å². The highest BCUT2D eigenvalue weighted by atomic mass is 16.4. The molecule has 20 heavy (non-hydrogen) atoms. The Morgan fingerprint density at radius 3 is 2.95 bits per heavy atom. The first kappa shape index (κ1) is 12.4. The van der Waals surface area contributed by atoms with E-state index in [2.05, 4.69) is 27.0 Å². The van der Waals surface area contributed by atoms with Crippen LogP contribution in [0.3, 0.4) is 0 Å². The van der Waals surface area contributed by atoms with E-state index in [4.69, 9.17) is 5.21 Å². The van der Waals surface area contributed by atoms with Gasteiger partial charge in [-0.2, -0.15) is 0 Å². The molecule has 0 atom stereocenters. The van der Waals surface area contributed by atoms with Crippen molar-refractivity contribution in [3.63, 3.8) is 0 Å². The normalized spacial score (nSPS) is 14.7. The lowest BCUT2D eigenvalue weighted by atomic mass is 10.1. The smallest absolute Gasteiger partial charge is 0.113 e. The molecule has 0 amide bonds. The second kappa shape index (κ2) is 5.57. The number of hydrogen-bond donors (Lipinski definition) is 1. The van der Waals surface area contributed by atoms with Crippen molar-refractivity contribution in [2.75, 3.05) is 0 Å². The van der Waals surface area contributed by atoms with E-state index in [9.17, 15) is 0 Å². The molecule has 3 rings (SSSR count). The SMILES string of the molecule is O/N=C(\Cn1ccnc1)c1ccc(C#CC2CC2)nc1. The third kappa shape index (κ3) is 3.04. The Hall–Kier alpha value is -2.61. The number of aromatic nitrogens is 3. The fourth-order valence-corrected chi connectivity index (χ4v) is 1.78. The Labute approximate surface area is 117 Å². The summed E-state index contributed by atoms with van der Waals surface area (Å²) in [5.41, 5.74) is 2.07. The summed E-state index contributed by atoms with van der Waals surface area (Å²) >= 11 is 0. The molecule has 2 aromatic rings. The molecule has 2 heterocycles. The van der Waals surface area contributed by atoms with Gasteiger partial charge >= 0.3 is 0 Å². The van der Waals surface area contributed by atoms with E-state index in [0.717, 1.165) is 11.3 Å². The van der Waals surface area contributed by atoms with E-state index < -0.39 is 0 Å². The van der Waals surface area contributed by atoms with E-state index in [1.165, 1.54) is 12.8 Å². The second-order valence-corrected chi connectivity index (χ2v) is 4.76. The van der Waals surface area contributed by atoms with Crippen molar-refractivity contribution in [2.45, 2.75) is 19.4 Å². The molecule has 0 saturated heterocycles. The molecule has 5 heteroatoms. The van der Waals surface area contributed by atoms with Crippen LogP contribution in [0, 0.1) is 17.8 Å². The molecule has 1 saturated carbocycles. The minimum atomic E-state index is 0.450. The number of imidazole rings is 1. The van der Waals surface area contributed by atoms with Crippen LogP contribution < -0.4 is 0 Å². The molecule has 0 aliphatic heterocycles. The number of hydrogen-bond acceptors (Lipinski definition) is 4. The summed E-state index contributed by atoms with van der Waals surface area (Å²) in [6.07, 6.45) is 9.27. The minimum absolute atomic E-state index is 0.450. The lowest BCUT2D eigenvalue weighted by molar-refractivity contribution is 0.317. The van der Waals surface area contributed by atoms with Gasteiger partial charge in [-0.05, 0) is 30.9 Å². The van der Waals surface area contributed by atoms with Crippen molar-refractivity contribution in [3.8, 4) is 11.8 Å². The Balaban J connectivity index is 1.74. The maximum Gasteiger partial charge on any atom is 0.113 e. The van der Waals surface area contributed by atoms with Gasteiger partial charge in [-0.25, -0.2) is 9.97 Å². The molecule has 0 aromatic carbocycles. The second-order valence-electron chi connectivity index (χ2n) is 4.76.